The Morgan fingerprint density at radius 2 is 1.63 bits per heavy atom. The van der Waals surface area contributed by atoms with Gasteiger partial charge in [-0.2, -0.15) is 0 Å². The van der Waals surface area contributed by atoms with Crippen molar-refractivity contribution in [2.45, 2.75) is 26.3 Å². The van der Waals surface area contributed by atoms with Crippen LogP contribution in [0.4, 0.5) is 0 Å². The molecule has 2 aromatic carbocycles. The number of carbonyl (C=O) groups excluding carboxylic acids is 2. The Labute approximate surface area is 182 Å². The zero-order valence-electron chi connectivity index (χ0n) is 17.3. The summed E-state index contributed by atoms with van der Waals surface area (Å²) in [5, 5.41) is 3.64. The van der Waals surface area contributed by atoms with E-state index in [0.717, 1.165) is 11.3 Å². The first-order valence-corrected chi connectivity index (χ1v) is 10.3. The number of carbonyl (C=O) groups is 2. The number of nitrogens with one attached hydrogen (secondary N) is 1. The Morgan fingerprint density at radius 1 is 1.03 bits per heavy atom. The van der Waals surface area contributed by atoms with E-state index in [1.165, 1.54) is 0 Å². The molecule has 1 saturated heterocycles. The van der Waals surface area contributed by atoms with Crippen LogP contribution in [0, 0.1) is 5.41 Å². The first-order valence-electron chi connectivity index (χ1n) is 9.97. The van der Waals surface area contributed by atoms with Crippen LogP contribution in [0.15, 0.2) is 48.5 Å². The van der Waals surface area contributed by atoms with Gasteiger partial charge in [0.2, 0.25) is 5.91 Å². The average Bonchev–Trinajstić information content (AvgIpc) is 2.77. The Morgan fingerprint density at radius 3 is 2.23 bits per heavy atom. The molecule has 7 heteroatoms. The lowest BCUT2D eigenvalue weighted by Gasteiger charge is -2.38. The van der Waals surface area contributed by atoms with Crippen molar-refractivity contribution in [3.05, 3.63) is 59.1 Å². The van der Waals surface area contributed by atoms with Crippen molar-refractivity contribution in [3.63, 3.8) is 0 Å². The van der Waals surface area contributed by atoms with Gasteiger partial charge in [-0.15, -0.1) is 0 Å². The Kier molecular flexibility index (Phi) is 7.21. The van der Waals surface area contributed by atoms with Gasteiger partial charge in [0.05, 0.1) is 7.11 Å². The highest BCUT2D eigenvalue weighted by atomic mass is 35.5. The number of halogens is 1. The monoisotopic (exact) mass is 430 g/mol. The van der Waals surface area contributed by atoms with E-state index in [0.29, 0.717) is 43.2 Å². The number of nitrogens with zero attached hydrogens (tertiary/aromatic N) is 1. The highest BCUT2D eigenvalue weighted by Gasteiger charge is 2.37. The van der Waals surface area contributed by atoms with Gasteiger partial charge in [0, 0.05) is 30.1 Å². The third kappa shape index (κ3) is 5.66. The fourth-order valence-electron chi connectivity index (χ4n) is 3.38. The molecule has 1 N–H and O–H groups in total. The fraction of sp³-hybridized carbons (Fsp3) is 0.391. The van der Waals surface area contributed by atoms with Crippen LogP contribution in [-0.4, -0.2) is 43.5 Å². The lowest BCUT2D eigenvalue weighted by Crippen LogP contribution is -2.49. The summed E-state index contributed by atoms with van der Waals surface area (Å²) in [5.41, 5.74) is 0.528. The van der Waals surface area contributed by atoms with Crippen LogP contribution in [0.5, 0.6) is 11.5 Å². The zero-order valence-corrected chi connectivity index (χ0v) is 18.1. The normalized spacial score (nSPS) is 15.4. The maximum absolute atomic E-state index is 12.8. The van der Waals surface area contributed by atoms with E-state index in [4.69, 9.17) is 21.1 Å². The van der Waals surface area contributed by atoms with Crippen molar-refractivity contribution >= 4 is 23.4 Å². The molecule has 0 atom stereocenters. The molecule has 0 spiro atoms. The van der Waals surface area contributed by atoms with E-state index in [-0.39, 0.29) is 18.4 Å². The summed E-state index contributed by atoms with van der Waals surface area (Å²) in [7, 11) is 1.62. The summed E-state index contributed by atoms with van der Waals surface area (Å²) in [4.78, 5) is 27.0. The van der Waals surface area contributed by atoms with Gasteiger partial charge in [-0.05, 0) is 54.8 Å². The van der Waals surface area contributed by atoms with E-state index in [9.17, 15) is 9.59 Å². The molecule has 0 bridgehead atoms. The van der Waals surface area contributed by atoms with Crippen LogP contribution < -0.4 is 14.8 Å². The zero-order chi connectivity index (χ0) is 21.6. The van der Waals surface area contributed by atoms with Crippen molar-refractivity contribution in [2.75, 3.05) is 26.8 Å². The molecular formula is C23H27ClN2O4. The smallest absolute Gasteiger partial charge is 0.260 e. The Hall–Kier alpha value is -2.73. The van der Waals surface area contributed by atoms with Crippen LogP contribution in [0.2, 0.25) is 5.02 Å². The van der Waals surface area contributed by atoms with Gasteiger partial charge >= 0.3 is 0 Å². The van der Waals surface area contributed by atoms with Gasteiger partial charge in [-0.25, -0.2) is 0 Å². The van der Waals surface area contributed by atoms with Crippen LogP contribution in [-0.2, 0) is 16.1 Å². The maximum atomic E-state index is 12.8. The summed E-state index contributed by atoms with van der Waals surface area (Å²) < 4.78 is 10.7. The van der Waals surface area contributed by atoms with Gasteiger partial charge in [-0.1, -0.05) is 30.7 Å². The number of hydrogen-bond acceptors (Lipinski definition) is 4. The third-order valence-corrected chi connectivity index (χ3v) is 5.81. The molecule has 6 nitrogen and oxygen atoms in total. The van der Waals surface area contributed by atoms with Crippen molar-refractivity contribution < 1.29 is 19.1 Å². The third-order valence-electron chi connectivity index (χ3n) is 5.56. The standard InChI is InChI=1S/C23H27ClN2O4/c1-23(22(28)25-15-17-3-7-19(29-2)8-4-17)11-13-26(14-12-23)21(27)16-30-20-9-5-18(24)6-10-20/h3-10H,11-16H2,1-2H3,(H,25,28). The number of amides is 2. The van der Waals surface area contributed by atoms with Gasteiger partial charge in [0.1, 0.15) is 11.5 Å². The SMILES string of the molecule is COc1ccc(CNC(=O)C2(C)CCN(C(=O)COc3ccc(Cl)cc3)CC2)cc1. The molecule has 0 aromatic heterocycles. The summed E-state index contributed by atoms with van der Waals surface area (Å²) >= 11 is 5.85. The Balaban J connectivity index is 1.44. The highest BCUT2D eigenvalue weighted by Crippen LogP contribution is 2.31. The lowest BCUT2D eigenvalue weighted by atomic mass is 9.79. The second-order valence-corrected chi connectivity index (χ2v) is 8.15. The van der Waals surface area contributed by atoms with Crippen LogP contribution in [0.1, 0.15) is 25.3 Å². The van der Waals surface area contributed by atoms with Crippen LogP contribution in [0.25, 0.3) is 0 Å². The number of hydrogen-bond donors (Lipinski definition) is 1. The topological polar surface area (TPSA) is 67.9 Å². The lowest BCUT2D eigenvalue weighted by molar-refractivity contribution is -0.141. The number of rotatable bonds is 7. The second kappa shape index (κ2) is 9.85. The van der Waals surface area contributed by atoms with Crippen LogP contribution in [0.3, 0.4) is 0 Å². The summed E-state index contributed by atoms with van der Waals surface area (Å²) in [6.45, 7) is 3.48. The minimum Gasteiger partial charge on any atom is -0.497 e. The quantitative estimate of drug-likeness (QED) is 0.727. The first-order chi connectivity index (χ1) is 14.4. The first kappa shape index (κ1) is 22.0. The average molecular weight is 431 g/mol. The molecule has 2 aromatic rings. The molecule has 160 valence electrons. The van der Waals surface area contributed by atoms with E-state index >= 15 is 0 Å². The van der Waals surface area contributed by atoms with E-state index in [1.807, 2.05) is 31.2 Å². The maximum Gasteiger partial charge on any atom is 0.260 e. The number of methoxy groups -OCH3 is 1. The summed E-state index contributed by atoms with van der Waals surface area (Å²) in [5.74, 6) is 1.33. The number of ether oxygens (including phenoxy) is 2. The van der Waals surface area contributed by atoms with Crippen molar-refractivity contribution in [1.29, 1.82) is 0 Å². The largest absolute Gasteiger partial charge is 0.497 e. The molecule has 1 aliphatic rings. The summed E-state index contributed by atoms with van der Waals surface area (Å²) in [6.07, 6.45) is 1.24. The summed E-state index contributed by atoms with van der Waals surface area (Å²) in [6, 6.07) is 14.5. The van der Waals surface area contributed by atoms with Gasteiger partial charge in [0.15, 0.2) is 6.61 Å². The number of piperidine rings is 1. The molecule has 2 amide bonds. The van der Waals surface area contributed by atoms with E-state index in [2.05, 4.69) is 5.32 Å². The predicted octanol–water partition coefficient (Wildman–Crippen LogP) is 3.67. The predicted molar refractivity (Wildman–Crippen MR) is 116 cm³/mol. The van der Waals surface area contributed by atoms with Gasteiger partial charge < -0.3 is 19.7 Å². The van der Waals surface area contributed by atoms with Crippen molar-refractivity contribution in [1.82, 2.24) is 10.2 Å². The minimum absolute atomic E-state index is 0.0165. The highest BCUT2D eigenvalue weighted by molar-refractivity contribution is 6.30. The van der Waals surface area contributed by atoms with Gasteiger partial charge in [0.25, 0.3) is 5.91 Å². The van der Waals surface area contributed by atoms with Crippen molar-refractivity contribution in [3.8, 4) is 11.5 Å². The fourth-order valence-corrected chi connectivity index (χ4v) is 3.51. The van der Waals surface area contributed by atoms with Crippen LogP contribution >= 0.6 is 11.6 Å². The molecule has 30 heavy (non-hydrogen) atoms. The number of benzene rings is 2. The Bertz CT molecular complexity index is 860. The molecule has 0 radical (unpaired) electrons. The molecule has 1 aliphatic heterocycles. The number of likely N-dealkylation sites (tertiary alicyclic amines) is 1. The molecular weight excluding hydrogens is 404 g/mol. The molecule has 3 rings (SSSR count). The molecule has 1 heterocycles. The molecule has 0 saturated carbocycles. The minimum atomic E-state index is -0.486. The van der Waals surface area contributed by atoms with E-state index < -0.39 is 5.41 Å². The molecule has 0 aliphatic carbocycles. The molecule has 1 fully saturated rings. The van der Waals surface area contributed by atoms with Gasteiger partial charge in [-0.3, -0.25) is 9.59 Å². The van der Waals surface area contributed by atoms with Crippen molar-refractivity contribution in [2.24, 2.45) is 5.41 Å². The second-order valence-electron chi connectivity index (χ2n) is 7.71. The molecule has 0 unspecified atom stereocenters. The van der Waals surface area contributed by atoms with E-state index in [1.54, 1.807) is 36.3 Å².